The maximum atomic E-state index is 13.3. The molecule has 0 spiro atoms. The van der Waals surface area contributed by atoms with Gasteiger partial charge >= 0.3 is 0 Å². The van der Waals surface area contributed by atoms with Crippen LogP contribution in [0.5, 0.6) is 0 Å². The molecule has 2 amide bonds. The second-order valence-corrected chi connectivity index (χ2v) is 8.68. The largest absolute Gasteiger partial charge is 0.336 e. The van der Waals surface area contributed by atoms with E-state index in [0.717, 1.165) is 11.3 Å². The van der Waals surface area contributed by atoms with E-state index in [1.165, 1.54) is 4.90 Å². The van der Waals surface area contributed by atoms with Crippen molar-refractivity contribution in [3.63, 3.8) is 0 Å². The molecule has 1 N–H and O–H groups in total. The van der Waals surface area contributed by atoms with Crippen LogP contribution in [0.4, 0.5) is 0 Å². The van der Waals surface area contributed by atoms with E-state index in [2.05, 4.69) is 16.5 Å². The second-order valence-electron chi connectivity index (χ2n) is 8.68. The Morgan fingerprint density at radius 1 is 1.28 bits per heavy atom. The lowest BCUT2D eigenvalue weighted by Crippen LogP contribution is -2.45. The van der Waals surface area contributed by atoms with Gasteiger partial charge in [0.25, 0.3) is 5.91 Å². The third kappa shape index (κ3) is 4.83. The van der Waals surface area contributed by atoms with Crippen molar-refractivity contribution in [1.29, 1.82) is 5.26 Å². The molecule has 1 aliphatic rings. The summed E-state index contributed by atoms with van der Waals surface area (Å²) in [6.07, 6.45) is 1.30. The van der Waals surface area contributed by atoms with Crippen LogP contribution in [0.3, 0.4) is 0 Å². The van der Waals surface area contributed by atoms with E-state index in [0.29, 0.717) is 25.1 Å². The fraction of sp³-hybridized carbons (Fsp3) is 0.455. The van der Waals surface area contributed by atoms with E-state index in [9.17, 15) is 14.9 Å². The van der Waals surface area contributed by atoms with E-state index in [-0.39, 0.29) is 23.8 Å². The monoisotopic (exact) mass is 393 g/mol. The summed E-state index contributed by atoms with van der Waals surface area (Å²) in [5.41, 5.74) is 1.22. The molecule has 1 fully saturated rings. The van der Waals surface area contributed by atoms with Gasteiger partial charge in [-0.2, -0.15) is 10.4 Å². The third-order valence-corrected chi connectivity index (χ3v) is 5.05. The van der Waals surface area contributed by atoms with Crippen molar-refractivity contribution in [3.8, 4) is 6.07 Å². The van der Waals surface area contributed by atoms with Gasteiger partial charge in [0.05, 0.1) is 11.8 Å². The first kappa shape index (κ1) is 20.6. The Kier molecular flexibility index (Phi) is 5.47. The molecule has 0 aliphatic heterocycles. The van der Waals surface area contributed by atoms with Crippen LogP contribution in [0, 0.1) is 11.3 Å². The molecule has 0 atom stereocenters. The zero-order chi connectivity index (χ0) is 21.2. The molecule has 0 saturated heterocycles. The summed E-state index contributed by atoms with van der Waals surface area (Å²) in [5.74, 6) is -0.595. The molecular formula is C22H27N5O2. The number of nitrogens with zero attached hydrogens (tertiary/aromatic N) is 4. The number of hydrogen-bond acceptors (Lipinski definition) is 4. The molecule has 152 valence electrons. The maximum absolute atomic E-state index is 13.3. The summed E-state index contributed by atoms with van der Waals surface area (Å²) in [5, 5.41) is 16.5. The highest BCUT2D eigenvalue weighted by atomic mass is 16.2. The van der Waals surface area contributed by atoms with Gasteiger partial charge < -0.3 is 10.2 Å². The summed E-state index contributed by atoms with van der Waals surface area (Å²) in [4.78, 5) is 27.4. The zero-order valence-electron chi connectivity index (χ0n) is 17.4. The average Bonchev–Trinajstić information content (AvgIpc) is 3.32. The Morgan fingerprint density at radius 3 is 2.45 bits per heavy atom. The lowest BCUT2D eigenvalue weighted by Gasteiger charge is -2.23. The van der Waals surface area contributed by atoms with Gasteiger partial charge in [0, 0.05) is 19.0 Å². The molecule has 1 saturated carbocycles. The lowest BCUT2D eigenvalue weighted by atomic mass is 9.92. The smallest absolute Gasteiger partial charge is 0.272 e. The van der Waals surface area contributed by atoms with E-state index in [1.54, 1.807) is 17.8 Å². The van der Waals surface area contributed by atoms with Gasteiger partial charge in [0.15, 0.2) is 0 Å². The Morgan fingerprint density at radius 2 is 1.93 bits per heavy atom. The number of hydrogen-bond donors (Lipinski definition) is 1. The van der Waals surface area contributed by atoms with Crippen LogP contribution in [0.25, 0.3) is 0 Å². The molecule has 1 aromatic heterocycles. The summed E-state index contributed by atoms with van der Waals surface area (Å²) >= 11 is 0. The first-order valence-electron chi connectivity index (χ1n) is 9.73. The lowest BCUT2D eigenvalue weighted by molar-refractivity contribution is -0.122. The van der Waals surface area contributed by atoms with E-state index >= 15 is 0 Å². The summed E-state index contributed by atoms with van der Waals surface area (Å²) in [6, 6.07) is 13.5. The molecule has 1 aliphatic carbocycles. The molecule has 29 heavy (non-hydrogen) atoms. The predicted octanol–water partition coefficient (Wildman–Crippen LogP) is 2.53. The van der Waals surface area contributed by atoms with Crippen molar-refractivity contribution < 1.29 is 9.59 Å². The highest BCUT2D eigenvalue weighted by Crippen LogP contribution is 2.34. The highest BCUT2D eigenvalue weighted by Gasteiger charge is 2.44. The van der Waals surface area contributed by atoms with Gasteiger partial charge in [-0.3, -0.25) is 14.3 Å². The predicted molar refractivity (Wildman–Crippen MR) is 109 cm³/mol. The van der Waals surface area contributed by atoms with Crippen molar-refractivity contribution in [2.45, 2.75) is 51.1 Å². The van der Waals surface area contributed by atoms with E-state index in [4.69, 9.17) is 0 Å². The van der Waals surface area contributed by atoms with Crippen LogP contribution in [0.15, 0.2) is 36.4 Å². The number of benzene rings is 1. The molecule has 0 unspecified atom stereocenters. The van der Waals surface area contributed by atoms with Gasteiger partial charge in [-0.15, -0.1) is 0 Å². The Hall–Kier alpha value is -3.14. The Bertz CT molecular complexity index is 946. The van der Waals surface area contributed by atoms with Gasteiger partial charge in [-0.05, 0) is 24.5 Å². The van der Waals surface area contributed by atoms with Crippen LogP contribution in [0.2, 0.25) is 0 Å². The minimum absolute atomic E-state index is 0.118. The minimum Gasteiger partial charge on any atom is -0.336 e. The fourth-order valence-electron chi connectivity index (χ4n) is 3.07. The van der Waals surface area contributed by atoms with Crippen molar-refractivity contribution in [1.82, 2.24) is 20.0 Å². The summed E-state index contributed by atoms with van der Waals surface area (Å²) < 4.78 is 1.57. The molecule has 1 heterocycles. The normalized spacial score (nSPS) is 14.7. The molecule has 7 heteroatoms. The highest BCUT2D eigenvalue weighted by molar-refractivity contribution is 5.95. The molecule has 0 radical (unpaired) electrons. The number of carbonyl (C=O) groups excluding carboxylic acids is 2. The van der Waals surface area contributed by atoms with Crippen molar-refractivity contribution >= 4 is 11.8 Å². The van der Waals surface area contributed by atoms with E-state index in [1.807, 2.05) is 51.1 Å². The average molecular weight is 393 g/mol. The van der Waals surface area contributed by atoms with Gasteiger partial charge in [-0.25, -0.2) is 0 Å². The second kappa shape index (κ2) is 7.70. The number of nitrogens with one attached hydrogen (secondary N) is 1. The summed E-state index contributed by atoms with van der Waals surface area (Å²) in [6.45, 7) is 6.29. The molecule has 3 rings (SSSR count). The first-order chi connectivity index (χ1) is 13.6. The van der Waals surface area contributed by atoms with Crippen LogP contribution >= 0.6 is 0 Å². The fourth-order valence-corrected chi connectivity index (χ4v) is 3.07. The van der Waals surface area contributed by atoms with Crippen LogP contribution in [-0.4, -0.2) is 38.6 Å². The van der Waals surface area contributed by atoms with Crippen LogP contribution in [-0.2, 0) is 23.8 Å². The number of rotatable bonds is 6. The standard InChI is InChI=1S/C22H27N5O2/c1-21(2,3)18-12-17(26(4)25-18)20(29)27(13-16-8-6-5-7-9-16)14-19(28)24-22(15-23)10-11-22/h5-9,12H,10-11,13-14H2,1-4H3,(H,24,28). The Labute approximate surface area is 171 Å². The number of aryl methyl sites for hydroxylation is 1. The zero-order valence-corrected chi connectivity index (χ0v) is 17.4. The van der Waals surface area contributed by atoms with Gasteiger partial charge in [0.1, 0.15) is 17.8 Å². The molecule has 7 nitrogen and oxygen atoms in total. The number of amides is 2. The molecule has 2 aromatic rings. The molecule has 0 bridgehead atoms. The van der Waals surface area contributed by atoms with Crippen molar-refractivity contribution in [3.05, 3.63) is 53.3 Å². The maximum Gasteiger partial charge on any atom is 0.272 e. The number of carbonyl (C=O) groups is 2. The number of aromatic nitrogens is 2. The van der Waals surface area contributed by atoms with Gasteiger partial charge in [-0.1, -0.05) is 51.1 Å². The summed E-state index contributed by atoms with van der Waals surface area (Å²) in [7, 11) is 1.73. The van der Waals surface area contributed by atoms with E-state index < -0.39 is 5.54 Å². The van der Waals surface area contributed by atoms with Gasteiger partial charge in [0.2, 0.25) is 5.91 Å². The van der Waals surface area contributed by atoms with Crippen molar-refractivity contribution in [2.24, 2.45) is 7.05 Å². The molecule has 1 aromatic carbocycles. The molecular weight excluding hydrogens is 366 g/mol. The minimum atomic E-state index is -0.759. The van der Waals surface area contributed by atoms with Crippen molar-refractivity contribution in [2.75, 3.05) is 6.54 Å². The number of nitriles is 1. The SMILES string of the molecule is Cn1nc(C(C)(C)C)cc1C(=O)N(CC(=O)NC1(C#N)CC1)Cc1ccccc1. The quantitative estimate of drug-likeness (QED) is 0.816. The Balaban J connectivity index is 1.84. The first-order valence-corrected chi connectivity index (χ1v) is 9.73. The van der Waals surface area contributed by atoms with Crippen LogP contribution < -0.4 is 5.32 Å². The third-order valence-electron chi connectivity index (χ3n) is 5.05. The topological polar surface area (TPSA) is 91.0 Å². The van der Waals surface area contributed by atoms with Crippen LogP contribution in [0.1, 0.15) is 55.4 Å².